The molecule has 1 N–H and O–H groups in total. The highest BCUT2D eigenvalue weighted by Gasteiger charge is 2.42. The number of anilines is 1. The third-order valence-electron chi connectivity index (χ3n) is 5.85. The summed E-state index contributed by atoms with van der Waals surface area (Å²) in [6.07, 6.45) is 1.25. The minimum atomic E-state index is -0.411. The fourth-order valence-electron chi connectivity index (χ4n) is 4.54. The number of para-hydroxylation sites is 1. The number of methoxy groups -OCH3 is 1. The molecule has 2 aliphatic rings. The minimum Gasteiger partial charge on any atom is -0.496 e. The molecule has 2 aromatic carbocycles. The Bertz CT molecular complexity index is 1230. The van der Waals surface area contributed by atoms with Gasteiger partial charge in [0, 0.05) is 33.8 Å². The normalized spacial score (nSPS) is 19.5. The number of benzene rings is 2. The van der Waals surface area contributed by atoms with Gasteiger partial charge in [-0.05, 0) is 30.0 Å². The Morgan fingerprint density at radius 2 is 1.97 bits per heavy atom. The van der Waals surface area contributed by atoms with Crippen LogP contribution in [0.15, 0.2) is 59.8 Å². The third kappa shape index (κ3) is 3.41. The summed E-state index contributed by atoms with van der Waals surface area (Å²) >= 11 is 6.19. The number of rotatable bonds is 3. The molecule has 1 aliphatic heterocycles. The predicted molar refractivity (Wildman–Crippen MR) is 120 cm³/mol. The number of ketones is 1. The summed E-state index contributed by atoms with van der Waals surface area (Å²) in [6, 6.07) is 14.8. The molecular weight excluding hydrogens is 412 g/mol. The molecule has 0 saturated heterocycles. The van der Waals surface area contributed by atoms with E-state index in [1.54, 1.807) is 11.8 Å². The monoisotopic (exact) mass is 434 g/mol. The molecule has 0 saturated carbocycles. The van der Waals surface area contributed by atoms with Crippen LogP contribution in [-0.4, -0.2) is 27.7 Å². The summed E-state index contributed by atoms with van der Waals surface area (Å²) in [5.74, 6) is 2.00. The van der Waals surface area contributed by atoms with Gasteiger partial charge in [0.05, 0.1) is 7.11 Å². The number of hydrogen-bond donors (Lipinski definition) is 1. The van der Waals surface area contributed by atoms with Crippen LogP contribution in [0.4, 0.5) is 5.95 Å². The van der Waals surface area contributed by atoms with E-state index >= 15 is 0 Å². The van der Waals surface area contributed by atoms with Crippen molar-refractivity contribution in [3.05, 3.63) is 70.4 Å². The van der Waals surface area contributed by atoms with E-state index < -0.39 is 6.04 Å². The first-order valence-corrected chi connectivity index (χ1v) is 10.6. The van der Waals surface area contributed by atoms with Crippen LogP contribution in [0.5, 0.6) is 5.75 Å². The van der Waals surface area contributed by atoms with Gasteiger partial charge in [-0.3, -0.25) is 4.79 Å². The first-order chi connectivity index (χ1) is 14.9. The van der Waals surface area contributed by atoms with E-state index in [9.17, 15) is 4.79 Å². The average molecular weight is 435 g/mol. The summed E-state index contributed by atoms with van der Waals surface area (Å²) in [5, 5.41) is 8.82. The highest BCUT2D eigenvalue weighted by molar-refractivity contribution is 6.30. The van der Waals surface area contributed by atoms with E-state index in [0.29, 0.717) is 29.0 Å². The van der Waals surface area contributed by atoms with Crippen molar-refractivity contribution in [1.82, 2.24) is 14.8 Å². The number of carbonyl (C=O) groups excluding carboxylic acids is 1. The van der Waals surface area contributed by atoms with E-state index in [-0.39, 0.29) is 11.2 Å². The summed E-state index contributed by atoms with van der Waals surface area (Å²) < 4.78 is 7.44. The number of nitrogens with zero attached hydrogens (tertiary/aromatic N) is 3. The van der Waals surface area contributed by atoms with Gasteiger partial charge >= 0.3 is 0 Å². The molecule has 1 aliphatic carbocycles. The van der Waals surface area contributed by atoms with Gasteiger partial charge in [-0.15, -0.1) is 5.10 Å². The quantitative estimate of drug-likeness (QED) is 0.608. The lowest BCUT2D eigenvalue weighted by molar-refractivity contribution is -0.118. The van der Waals surface area contributed by atoms with Gasteiger partial charge in [0.15, 0.2) is 11.6 Å². The zero-order valence-corrected chi connectivity index (χ0v) is 18.4. The number of allylic oxidation sites excluding steroid dienone is 2. The van der Waals surface area contributed by atoms with Crippen LogP contribution in [-0.2, 0) is 4.79 Å². The molecule has 0 amide bonds. The fraction of sp³-hybridized carbons (Fsp3) is 0.292. The van der Waals surface area contributed by atoms with Crippen LogP contribution in [0.1, 0.15) is 38.3 Å². The second-order valence-corrected chi connectivity index (χ2v) is 9.25. The van der Waals surface area contributed by atoms with E-state index in [1.165, 1.54) is 0 Å². The number of nitrogens with one attached hydrogen (secondary N) is 1. The van der Waals surface area contributed by atoms with E-state index in [2.05, 4.69) is 19.2 Å². The highest BCUT2D eigenvalue weighted by atomic mass is 35.5. The molecule has 0 unspecified atom stereocenters. The molecule has 0 spiro atoms. The van der Waals surface area contributed by atoms with Gasteiger partial charge in [0.1, 0.15) is 11.8 Å². The second-order valence-electron chi connectivity index (χ2n) is 8.82. The Kier molecular flexibility index (Phi) is 4.63. The molecule has 0 bridgehead atoms. The van der Waals surface area contributed by atoms with E-state index in [4.69, 9.17) is 26.4 Å². The number of fused-ring (bicyclic) bond motifs is 1. The van der Waals surface area contributed by atoms with Crippen molar-refractivity contribution in [2.45, 2.75) is 32.7 Å². The maximum Gasteiger partial charge on any atom is 0.226 e. The first-order valence-electron chi connectivity index (χ1n) is 10.2. The Labute approximate surface area is 185 Å². The van der Waals surface area contributed by atoms with Crippen LogP contribution in [0, 0.1) is 5.41 Å². The smallest absolute Gasteiger partial charge is 0.226 e. The summed E-state index contributed by atoms with van der Waals surface area (Å²) in [7, 11) is 1.64. The highest BCUT2D eigenvalue weighted by Crippen LogP contribution is 2.47. The molecule has 1 atom stereocenters. The zero-order valence-electron chi connectivity index (χ0n) is 17.6. The average Bonchev–Trinajstić information content (AvgIpc) is 3.15. The molecule has 31 heavy (non-hydrogen) atoms. The van der Waals surface area contributed by atoms with Crippen molar-refractivity contribution < 1.29 is 9.53 Å². The number of aromatic nitrogens is 3. The zero-order chi connectivity index (χ0) is 21.8. The molecule has 3 aromatic rings. The van der Waals surface area contributed by atoms with E-state index in [0.717, 1.165) is 28.8 Å². The lowest BCUT2D eigenvalue weighted by Crippen LogP contribution is -2.36. The van der Waals surface area contributed by atoms with Crippen molar-refractivity contribution in [3.8, 4) is 17.1 Å². The van der Waals surface area contributed by atoms with E-state index in [1.807, 2.05) is 48.5 Å². The number of ether oxygens (including phenoxy) is 1. The Hall–Kier alpha value is -3.12. The van der Waals surface area contributed by atoms with Crippen molar-refractivity contribution in [2.24, 2.45) is 5.41 Å². The van der Waals surface area contributed by atoms with Crippen LogP contribution < -0.4 is 10.1 Å². The lowest BCUT2D eigenvalue weighted by atomic mass is 9.73. The van der Waals surface area contributed by atoms with Gasteiger partial charge in [-0.25, -0.2) is 4.68 Å². The van der Waals surface area contributed by atoms with Crippen LogP contribution in [0.25, 0.3) is 11.4 Å². The second kappa shape index (κ2) is 7.24. The summed E-state index contributed by atoms with van der Waals surface area (Å²) in [6.45, 7) is 4.23. The SMILES string of the molecule is COc1ccccc1[C@@H]1C2=C(CC(C)(C)CC2=O)Nc2nc(-c3cccc(Cl)c3)nn21. The Morgan fingerprint density at radius 3 is 2.74 bits per heavy atom. The van der Waals surface area contributed by atoms with Gasteiger partial charge < -0.3 is 10.1 Å². The fourth-order valence-corrected chi connectivity index (χ4v) is 4.73. The summed E-state index contributed by atoms with van der Waals surface area (Å²) in [5.41, 5.74) is 3.23. The molecule has 7 heteroatoms. The van der Waals surface area contributed by atoms with Crippen LogP contribution in [0.3, 0.4) is 0 Å². The number of Topliss-reactive ketones (excluding diaryl/α,β-unsaturated/α-hetero) is 1. The topological polar surface area (TPSA) is 69.0 Å². The van der Waals surface area contributed by atoms with Gasteiger partial charge in [-0.2, -0.15) is 4.98 Å². The molecule has 2 heterocycles. The molecule has 6 nitrogen and oxygen atoms in total. The molecule has 0 fully saturated rings. The third-order valence-corrected chi connectivity index (χ3v) is 6.08. The van der Waals surface area contributed by atoms with Crippen LogP contribution in [0.2, 0.25) is 5.02 Å². The molecule has 1 aromatic heterocycles. The van der Waals surface area contributed by atoms with Crippen molar-refractivity contribution in [3.63, 3.8) is 0 Å². The van der Waals surface area contributed by atoms with Crippen molar-refractivity contribution >= 4 is 23.3 Å². The van der Waals surface area contributed by atoms with Gasteiger partial charge in [0.2, 0.25) is 5.95 Å². The number of hydrogen-bond acceptors (Lipinski definition) is 5. The van der Waals surface area contributed by atoms with Gasteiger partial charge in [0.25, 0.3) is 0 Å². The summed E-state index contributed by atoms with van der Waals surface area (Å²) in [4.78, 5) is 18.1. The maximum absolute atomic E-state index is 13.3. The largest absolute Gasteiger partial charge is 0.496 e. The first kappa shape index (κ1) is 19.8. The van der Waals surface area contributed by atoms with Crippen LogP contribution >= 0.6 is 11.6 Å². The number of carbonyl (C=O) groups is 1. The Balaban J connectivity index is 1.72. The van der Waals surface area contributed by atoms with Gasteiger partial charge in [-0.1, -0.05) is 55.8 Å². The molecule has 5 rings (SSSR count). The maximum atomic E-state index is 13.3. The standard InChI is InChI=1S/C24H23ClN4O2/c1-24(2)12-17-20(18(30)13-24)21(16-9-4-5-10-19(16)31-3)29-23(26-17)27-22(28-29)14-7-6-8-15(25)11-14/h4-11,21H,12-13H2,1-3H3,(H,26,27,28)/t21-/m1/s1. The molecular formula is C24H23ClN4O2. The molecule has 158 valence electrons. The predicted octanol–water partition coefficient (Wildman–Crippen LogP) is 5.27. The Morgan fingerprint density at radius 1 is 1.16 bits per heavy atom. The van der Waals surface area contributed by atoms with Crippen molar-refractivity contribution in [2.75, 3.05) is 12.4 Å². The van der Waals surface area contributed by atoms with Crippen molar-refractivity contribution in [1.29, 1.82) is 0 Å². The lowest BCUT2D eigenvalue weighted by Gasteiger charge is -2.38. The minimum absolute atomic E-state index is 0.119. The number of halogens is 1. The molecule has 0 radical (unpaired) electrons.